The van der Waals surface area contributed by atoms with Gasteiger partial charge in [-0.1, -0.05) is 0 Å². The summed E-state index contributed by atoms with van der Waals surface area (Å²) < 4.78 is 26.3. The number of nitrogens with one attached hydrogen (secondary N) is 1. The number of amides is 1. The number of nitrogens with two attached hydrogens (primary N) is 1. The Kier molecular flexibility index (Phi) is 4.24. The summed E-state index contributed by atoms with van der Waals surface area (Å²) in [7, 11) is 0. The van der Waals surface area contributed by atoms with E-state index >= 15 is 0 Å². The van der Waals surface area contributed by atoms with Crippen LogP contribution >= 0.6 is 0 Å². The Bertz CT molecular complexity index is 614. The third kappa shape index (κ3) is 3.74. The van der Waals surface area contributed by atoms with Crippen LogP contribution < -0.4 is 11.1 Å². The number of hydrogen-bond donors (Lipinski definition) is 2. The highest BCUT2D eigenvalue weighted by Crippen LogP contribution is 2.09. The second-order valence-corrected chi connectivity index (χ2v) is 4.27. The van der Waals surface area contributed by atoms with Crippen LogP contribution in [0, 0.1) is 11.6 Å². The highest BCUT2D eigenvalue weighted by molar-refractivity contribution is 5.78. The maximum Gasteiger partial charge on any atom is 0.226 e. The second-order valence-electron chi connectivity index (χ2n) is 4.27. The summed E-state index contributed by atoms with van der Waals surface area (Å²) >= 11 is 0. The average molecular weight is 277 g/mol. The second kappa shape index (κ2) is 6.10. The van der Waals surface area contributed by atoms with E-state index < -0.39 is 11.6 Å². The van der Waals surface area contributed by atoms with Gasteiger partial charge in [0.1, 0.15) is 11.6 Å². The molecule has 104 valence electrons. The molecule has 0 saturated carbocycles. The summed E-state index contributed by atoms with van der Waals surface area (Å²) in [6.07, 6.45) is 1.51. The van der Waals surface area contributed by atoms with Gasteiger partial charge in [0.05, 0.1) is 18.3 Å². The number of rotatable bonds is 4. The number of benzene rings is 1. The molecule has 0 aliphatic carbocycles. The van der Waals surface area contributed by atoms with Crippen molar-refractivity contribution in [3.63, 3.8) is 0 Å². The highest BCUT2D eigenvalue weighted by atomic mass is 19.1. The molecule has 0 unspecified atom stereocenters. The van der Waals surface area contributed by atoms with Gasteiger partial charge in [0.25, 0.3) is 0 Å². The minimum Gasteiger partial charge on any atom is -0.397 e. The van der Waals surface area contributed by atoms with Gasteiger partial charge in [0.15, 0.2) is 0 Å². The van der Waals surface area contributed by atoms with E-state index in [0.717, 1.165) is 18.2 Å². The number of halogens is 2. The van der Waals surface area contributed by atoms with Crippen molar-refractivity contribution in [1.29, 1.82) is 0 Å². The van der Waals surface area contributed by atoms with E-state index in [2.05, 4.69) is 10.3 Å². The van der Waals surface area contributed by atoms with E-state index in [1.54, 1.807) is 12.1 Å². The molecular weight excluding hydrogens is 264 g/mol. The summed E-state index contributed by atoms with van der Waals surface area (Å²) in [5.74, 6) is -1.43. The van der Waals surface area contributed by atoms with Crippen LogP contribution in [0.15, 0.2) is 36.5 Å². The Balaban J connectivity index is 1.92. The lowest BCUT2D eigenvalue weighted by Crippen LogP contribution is -2.25. The predicted molar refractivity (Wildman–Crippen MR) is 70.6 cm³/mol. The predicted octanol–water partition coefficient (Wildman–Crippen LogP) is 1.80. The number of nitrogens with zero attached hydrogens (tertiary/aromatic N) is 1. The smallest absolute Gasteiger partial charge is 0.226 e. The maximum absolute atomic E-state index is 13.3. The molecule has 1 heterocycles. The SMILES string of the molecule is Nc1ccc(CC(=O)NCc2cc(F)ccc2F)nc1. The average Bonchev–Trinajstić information content (AvgIpc) is 2.42. The van der Waals surface area contributed by atoms with Crippen LogP contribution in [0.5, 0.6) is 0 Å². The van der Waals surface area contributed by atoms with Gasteiger partial charge in [0, 0.05) is 17.8 Å². The van der Waals surface area contributed by atoms with Crippen molar-refractivity contribution in [3.05, 3.63) is 59.4 Å². The molecule has 2 rings (SSSR count). The molecule has 0 aliphatic heterocycles. The Morgan fingerprint density at radius 3 is 2.75 bits per heavy atom. The topological polar surface area (TPSA) is 68.0 Å². The van der Waals surface area contributed by atoms with Crippen LogP contribution in [0.2, 0.25) is 0 Å². The van der Waals surface area contributed by atoms with Crippen molar-refractivity contribution in [1.82, 2.24) is 10.3 Å². The lowest BCUT2D eigenvalue weighted by Gasteiger charge is -2.06. The molecule has 4 nitrogen and oxygen atoms in total. The van der Waals surface area contributed by atoms with Crippen LogP contribution in [0.1, 0.15) is 11.3 Å². The fourth-order valence-electron chi connectivity index (χ4n) is 1.64. The first kappa shape index (κ1) is 13.9. The Hall–Kier alpha value is -2.50. The molecule has 2 aromatic rings. The van der Waals surface area contributed by atoms with Crippen LogP contribution in [0.3, 0.4) is 0 Å². The van der Waals surface area contributed by atoms with Gasteiger partial charge >= 0.3 is 0 Å². The lowest BCUT2D eigenvalue weighted by atomic mass is 10.2. The summed E-state index contributed by atoms with van der Waals surface area (Å²) in [6, 6.07) is 6.38. The van der Waals surface area contributed by atoms with E-state index in [1.165, 1.54) is 6.20 Å². The molecule has 0 spiro atoms. The van der Waals surface area contributed by atoms with Crippen LogP contribution in [0.25, 0.3) is 0 Å². The Morgan fingerprint density at radius 2 is 2.05 bits per heavy atom. The monoisotopic (exact) mass is 277 g/mol. The van der Waals surface area contributed by atoms with Crippen molar-refractivity contribution >= 4 is 11.6 Å². The molecule has 6 heteroatoms. The number of carbonyl (C=O) groups excluding carboxylic acids is 1. The van der Waals surface area contributed by atoms with Crippen LogP contribution in [-0.2, 0) is 17.8 Å². The zero-order chi connectivity index (χ0) is 14.5. The maximum atomic E-state index is 13.3. The fourth-order valence-corrected chi connectivity index (χ4v) is 1.64. The first-order valence-electron chi connectivity index (χ1n) is 5.95. The van der Waals surface area contributed by atoms with Gasteiger partial charge in [0.2, 0.25) is 5.91 Å². The zero-order valence-electron chi connectivity index (χ0n) is 10.6. The summed E-state index contributed by atoms with van der Waals surface area (Å²) in [6.45, 7) is -0.0720. The van der Waals surface area contributed by atoms with Gasteiger partial charge < -0.3 is 11.1 Å². The van der Waals surface area contributed by atoms with Crippen molar-refractivity contribution in [2.45, 2.75) is 13.0 Å². The van der Waals surface area contributed by atoms with Crippen molar-refractivity contribution in [2.24, 2.45) is 0 Å². The molecule has 0 saturated heterocycles. The van der Waals surface area contributed by atoms with Gasteiger partial charge in [-0.3, -0.25) is 9.78 Å². The number of hydrogen-bond acceptors (Lipinski definition) is 3. The van der Waals surface area contributed by atoms with E-state index in [-0.39, 0.29) is 24.4 Å². The number of carbonyl (C=O) groups is 1. The van der Waals surface area contributed by atoms with E-state index in [9.17, 15) is 13.6 Å². The third-order valence-electron chi connectivity index (χ3n) is 2.67. The largest absolute Gasteiger partial charge is 0.397 e. The van der Waals surface area contributed by atoms with Crippen LogP contribution in [-0.4, -0.2) is 10.9 Å². The molecule has 1 amide bonds. The standard InChI is InChI=1S/C14H13F2N3O/c15-10-1-4-13(16)9(5-10)7-19-14(20)6-12-3-2-11(17)8-18-12/h1-5,8H,6-7,17H2,(H,19,20). The van der Waals surface area contributed by atoms with Gasteiger partial charge in [-0.25, -0.2) is 8.78 Å². The quantitative estimate of drug-likeness (QED) is 0.895. The zero-order valence-corrected chi connectivity index (χ0v) is 10.6. The molecule has 0 bridgehead atoms. The van der Waals surface area contributed by atoms with Crippen molar-refractivity contribution in [3.8, 4) is 0 Å². The summed E-state index contributed by atoms with van der Waals surface area (Å²) in [5, 5.41) is 2.51. The molecule has 3 N–H and O–H groups in total. The van der Waals surface area contributed by atoms with Crippen LogP contribution in [0.4, 0.5) is 14.5 Å². The molecule has 20 heavy (non-hydrogen) atoms. The summed E-state index contributed by atoms with van der Waals surface area (Å²) in [5.41, 5.74) is 6.65. The fraction of sp³-hybridized carbons (Fsp3) is 0.143. The van der Waals surface area contributed by atoms with Crippen molar-refractivity contribution in [2.75, 3.05) is 5.73 Å². The van der Waals surface area contributed by atoms with E-state index in [0.29, 0.717) is 11.4 Å². The Morgan fingerprint density at radius 1 is 1.25 bits per heavy atom. The molecule has 0 aliphatic rings. The Labute approximate surface area is 114 Å². The first-order valence-corrected chi connectivity index (χ1v) is 5.95. The minimum atomic E-state index is -0.558. The summed E-state index contributed by atoms with van der Waals surface area (Å²) in [4.78, 5) is 15.7. The number of anilines is 1. The highest BCUT2D eigenvalue weighted by Gasteiger charge is 2.07. The van der Waals surface area contributed by atoms with Gasteiger partial charge in [-0.15, -0.1) is 0 Å². The molecule has 0 radical (unpaired) electrons. The van der Waals surface area contributed by atoms with E-state index in [1.807, 2.05) is 0 Å². The first-order chi connectivity index (χ1) is 9.54. The third-order valence-corrected chi connectivity index (χ3v) is 2.67. The molecule has 0 atom stereocenters. The van der Waals surface area contributed by atoms with E-state index in [4.69, 9.17) is 5.73 Å². The normalized spacial score (nSPS) is 10.3. The number of pyridine rings is 1. The number of aromatic nitrogens is 1. The number of nitrogen functional groups attached to an aromatic ring is 1. The van der Waals surface area contributed by atoms with Crippen molar-refractivity contribution < 1.29 is 13.6 Å². The lowest BCUT2D eigenvalue weighted by molar-refractivity contribution is -0.120. The van der Waals surface area contributed by atoms with Gasteiger partial charge in [-0.2, -0.15) is 0 Å². The molecule has 1 aromatic heterocycles. The molecular formula is C14H13F2N3O. The minimum absolute atomic E-state index is 0.0528. The molecule has 0 fully saturated rings. The van der Waals surface area contributed by atoms with Gasteiger partial charge in [-0.05, 0) is 30.3 Å². The molecule has 1 aromatic carbocycles.